The van der Waals surface area contributed by atoms with Crippen LogP contribution in [-0.4, -0.2) is 40.6 Å². The van der Waals surface area contributed by atoms with Gasteiger partial charge in [0.25, 0.3) is 17.7 Å². The third-order valence-corrected chi connectivity index (χ3v) is 5.55. The maximum Gasteiger partial charge on any atom is 0.263 e. The van der Waals surface area contributed by atoms with Crippen molar-refractivity contribution in [1.29, 1.82) is 0 Å². The molecule has 1 atom stereocenters. The normalized spacial score (nSPS) is 15.2. The van der Waals surface area contributed by atoms with Crippen LogP contribution in [0, 0.1) is 6.92 Å². The molecule has 2 heterocycles. The number of carbonyl (C=O) groups excluding carboxylic acids is 2. The lowest BCUT2D eigenvalue weighted by Crippen LogP contribution is -2.52. The second kappa shape index (κ2) is 9.21. The summed E-state index contributed by atoms with van der Waals surface area (Å²) in [4.78, 5) is 32.1. The molecule has 8 nitrogen and oxygen atoms in total. The zero-order chi connectivity index (χ0) is 22.7. The van der Waals surface area contributed by atoms with Crippen molar-refractivity contribution in [3.8, 4) is 17.2 Å². The highest BCUT2D eigenvalue weighted by molar-refractivity contribution is 6.08. The second-order valence-electron chi connectivity index (χ2n) is 7.74. The summed E-state index contributed by atoms with van der Waals surface area (Å²) in [6.45, 7) is 5.93. The van der Waals surface area contributed by atoms with E-state index in [4.69, 9.17) is 9.26 Å². The van der Waals surface area contributed by atoms with Crippen LogP contribution in [0.25, 0.3) is 11.5 Å². The number of nitrogens with one attached hydrogen (secondary N) is 1. The van der Waals surface area contributed by atoms with E-state index in [0.29, 0.717) is 28.7 Å². The third-order valence-electron chi connectivity index (χ3n) is 5.55. The Balaban J connectivity index is 1.58. The molecular weight excluding hydrogens is 408 g/mol. The summed E-state index contributed by atoms with van der Waals surface area (Å²) in [5.41, 5.74) is 1.86. The molecule has 3 aromatic rings. The Morgan fingerprint density at radius 1 is 1.12 bits per heavy atom. The first-order valence-electron chi connectivity index (χ1n) is 10.8. The van der Waals surface area contributed by atoms with Crippen LogP contribution in [0.2, 0.25) is 0 Å². The molecule has 1 unspecified atom stereocenters. The number of hydrogen-bond acceptors (Lipinski definition) is 6. The molecule has 1 N–H and O–H groups in total. The van der Waals surface area contributed by atoms with Crippen molar-refractivity contribution >= 4 is 17.5 Å². The molecule has 0 fully saturated rings. The Morgan fingerprint density at radius 2 is 1.84 bits per heavy atom. The second-order valence-corrected chi connectivity index (χ2v) is 7.74. The minimum Gasteiger partial charge on any atom is -0.477 e. The zero-order valence-electron chi connectivity index (χ0n) is 18.4. The number of nitrogens with zero attached hydrogens (tertiary/aromatic N) is 3. The highest BCUT2D eigenvalue weighted by atomic mass is 16.5. The summed E-state index contributed by atoms with van der Waals surface area (Å²) >= 11 is 0. The lowest BCUT2D eigenvalue weighted by atomic mass is 10.1. The molecule has 1 aliphatic heterocycles. The number of aromatic nitrogens is 2. The summed E-state index contributed by atoms with van der Waals surface area (Å²) in [6, 6.07) is 14.3. The maximum absolute atomic E-state index is 13.4. The van der Waals surface area contributed by atoms with Gasteiger partial charge in [0.1, 0.15) is 5.75 Å². The maximum atomic E-state index is 13.4. The molecule has 8 heteroatoms. The smallest absolute Gasteiger partial charge is 0.263 e. The molecule has 1 aromatic heterocycles. The number of aryl methyl sites for hydroxylation is 1. The van der Waals surface area contributed by atoms with Crippen LogP contribution >= 0.6 is 0 Å². The van der Waals surface area contributed by atoms with Gasteiger partial charge in [-0.2, -0.15) is 4.98 Å². The van der Waals surface area contributed by atoms with Crippen molar-refractivity contribution in [1.82, 2.24) is 15.5 Å². The predicted octanol–water partition coefficient (Wildman–Crippen LogP) is 3.76. The fourth-order valence-corrected chi connectivity index (χ4v) is 3.68. The molecule has 2 aromatic carbocycles. The van der Waals surface area contributed by atoms with Crippen molar-refractivity contribution in [2.45, 2.75) is 45.8 Å². The fraction of sp³-hybridized carbons (Fsp3) is 0.333. The molecule has 32 heavy (non-hydrogen) atoms. The van der Waals surface area contributed by atoms with Gasteiger partial charge in [0.15, 0.2) is 11.9 Å². The molecule has 166 valence electrons. The van der Waals surface area contributed by atoms with Gasteiger partial charge in [-0.25, -0.2) is 0 Å². The topological polar surface area (TPSA) is 97.6 Å². The largest absolute Gasteiger partial charge is 0.477 e. The molecule has 0 saturated carbocycles. The SMILES string of the molecule is CCC(CC)NC(=O)C1CN(C(=O)c2ccc(-c3nc(C)no3)cc2)c2ccccc2O1. The van der Waals surface area contributed by atoms with Crippen LogP contribution in [0.5, 0.6) is 5.75 Å². The van der Waals surface area contributed by atoms with E-state index in [2.05, 4.69) is 15.5 Å². The molecule has 0 aliphatic carbocycles. The van der Waals surface area contributed by atoms with Gasteiger partial charge in [-0.1, -0.05) is 31.1 Å². The van der Waals surface area contributed by atoms with E-state index in [-0.39, 0.29) is 24.4 Å². The Morgan fingerprint density at radius 3 is 2.50 bits per heavy atom. The average molecular weight is 434 g/mol. The van der Waals surface area contributed by atoms with Crippen molar-refractivity contribution in [3.05, 3.63) is 59.9 Å². The van der Waals surface area contributed by atoms with Gasteiger partial charge in [-0.05, 0) is 56.2 Å². The van der Waals surface area contributed by atoms with E-state index in [1.54, 1.807) is 42.2 Å². The van der Waals surface area contributed by atoms with E-state index < -0.39 is 6.10 Å². The van der Waals surface area contributed by atoms with Crippen molar-refractivity contribution in [3.63, 3.8) is 0 Å². The zero-order valence-corrected chi connectivity index (χ0v) is 18.4. The van der Waals surface area contributed by atoms with Crippen molar-refractivity contribution in [2.75, 3.05) is 11.4 Å². The molecule has 1 aliphatic rings. The lowest BCUT2D eigenvalue weighted by molar-refractivity contribution is -0.128. The average Bonchev–Trinajstić information content (AvgIpc) is 3.27. The van der Waals surface area contributed by atoms with Crippen LogP contribution in [0.15, 0.2) is 53.1 Å². The summed E-state index contributed by atoms with van der Waals surface area (Å²) in [7, 11) is 0. The molecule has 0 bridgehead atoms. The molecule has 2 amide bonds. The summed E-state index contributed by atoms with van der Waals surface area (Å²) in [5.74, 6) is 1.02. The van der Waals surface area contributed by atoms with E-state index in [1.165, 1.54) is 0 Å². The van der Waals surface area contributed by atoms with Crippen LogP contribution < -0.4 is 15.0 Å². The van der Waals surface area contributed by atoms with E-state index in [9.17, 15) is 9.59 Å². The first kappa shape index (κ1) is 21.5. The number of fused-ring (bicyclic) bond motifs is 1. The van der Waals surface area contributed by atoms with Gasteiger partial charge < -0.3 is 19.5 Å². The number of hydrogen-bond donors (Lipinski definition) is 1. The molecular formula is C24H26N4O4. The van der Waals surface area contributed by atoms with E-state index in [0.717, 1.165) is 18.4 Å². The third kappa shape index (κ3) is 4.34. The van der Waals surface area contributed by atoms with Crippen LogP contribution in [0.3, 0.4) is 0 Å². The number of carbonyl (C=O) groups is 2. The van der Waals surface area contributed by atoms with Crippen LogP contribution in [0.4, 0.5) is 5.69 Å². The van der Waals surface area contributed by atoms with E-state index in [1.807, 2.05) is 32.0 Å². The first-order chi connectivity index (χ1) is 15.5. The van der Waals surface area contributed by atoms with Gasteiger partial charge in [0, 0.05) is 17.2 Å². The number of anilines is 1. The Kier molecular flexibility index (Phi) is 6.20. The summed E-state index contributed by atoms with van der Waals surface area (Å²) < 4.78 is 11.1. The monoisotopic (exact) mass is 434 g/mol. The summed E-state index contributed by atoms with van der Waals surface area (Å²) in [5, 5.41) is 6.81. The van der Waals surface area contributed by atoms with E-state index >= 15 is 0 Å². The van der Waals surface area contributed by atoms with Gasteiger partial charge >= 0.3 is 0 Å². The number of rotatable bonds is 6. The highest BCUT2D eigenvalue weighted by Gasteiger charge is 2.34. The molecule has 0 radical (unpaired) electrons. The van der Waals surface area contributed by atoms with Gasteiger partial charge in [0.05, 0.1) is 12.2 Å². The van der Waals surface area contributed by atoms with Gasteiger partial charge in [0.2, 0.25) is 0 Å². The first-order valence-corrected chi connectivity index (χ1v) is 10.8. The van der Waals surface area contributed by atoms with Gasteiger partial charge in [-0.15, -0.1) is 0 Å². The summed E-state index contributed by atoms with van der Waals surface area (Å²) in [6.07, 6.45) is 0.885. The minimum absolute atomic E-state index is 0.0771. The molecule has 4 rings (SSSR count). The standard InChI is InChI=1S/C24H26N4O4/c1-4-18(5-2)26-22(29)21-14-28(19-8-6-7-9-20(19)31-21)24(30)17-12-10-16(11-13-17)23-25-15(3)27-32-23/h6-13,18,21H,4-5,14H2,1-3H3,(H,26,29). The molecule has 0 saturated heterocycles. The van der Waals surface area contributed by atoms with Gasteiger partial charge in [-0.3, -0.25) is 9.59 Å². The van der Waals surface area contributed by atoms with Crippen molar-refractivity contribution < 1.29 is 18.8 Å². The number of ether oxygens (including phenoxy) is 1. The van der Waals surface area contributed by atoms with Crippen LogP contribution in [0.1, 0.15) is 42.9 Å². The lowest BCUT2D eigenvalue weighted by Gasteiger charge is -2.34. The quantitative estimate of drug-likeness (QED) is 0.634. The molecule has 0 spiro atoms. The minimum atomic E-state index is -0.782. The Hall–Kier alpha value is -3.68. The number of benzene rings is 2. The number of amides is 2. The number of para-hydroxylation sites is 2. The highest BCUT2D eigenvalue weighted by Crippen LogP contribution is 2.34. The van der Waals surface area contributed by atoms with Crippen LogP contribution in [-0.2, 0) is 4.79 Å². The van der Waals surface area contributed by atoms with Crippen molar-refractivity contribution in [2.24, 2.45) is 0 Å². The fourth-order valence-electron chi connectivity index (χ4n) is 3.68. The predicted molar refractivity (Wildman–Crippen MR) is 120 cm³/mol. The Bertz CT molecular complexity index is 1110. The Labute approximate surface area is 186 Å².